The molecule has 2 aliphatic heterocycles. The molecule has 0 unspecified atom stereocenters. The summed E-state index contributed by atoms with van der Waals surface area (Å²) >= 11 is 0. The van der Waals surface area contributed by atoms with E-state index in [9.17, 15) is 0 Å². The van der Waals surface area contributed by atoms with Crippen LogP contribution in [0, 0.1) is 6.92 Å². The molecule has 5 heterocycles. The summed E-state index contributed by atoms with van der Waals surface area (Å²) in [5.41, 5.74) is 7.16. The summed E-state index contributed by atoms with van der Waals surface area (Å²) < 4.78 is 0. The summed E-state index contributed by atoms with van der Waals surface area (Å²) in [5.74, 6) is 0.555. The maximum absolute atomic E-state index is 4.68. The standard InChI is InChI=1S/C20H24N6/c1-13-2-3-15-18(5-9-22-20(15)23-13)26-10-6-14(7-11-26)19-16-12-21-8-4-17(16)24-25-19/h2-3,5,9,14,21H,4,6-8,10-12H2,1H3,(H,24,25). The predicted molar refractivity (Wildman–Crippen MR) is 102 cm³/mol. The summed E-state index contributed by atoms with van der Waals surface area (Å²) in [6.45, 7) is 6.12. The van der Waals surface area contributed by atoms with E-state index in [1.54, 1.807) is 0 Å². The summed E-state index contributed by atoms with van der Waals surface area (Å²) in [6.07, 6.45) is 5.23. The van der Waals surface area contributed by atoms with E-state index in [-0.39, 0.29) is 0 Å². The molecule has 2 aliphatic rings. The molecule has 1 fully saturated rings. The molecule has 3 aromatic rings. The average molecular weight is 348 g/mol. The number of rotatable bonds is 2. The van der Waals surface area contributed by atoms with E-state index in [4.69, 9.17) is 0 Å². The first-order valence-corrected chi connectivity index (χ1v) is 9.53. The number of aromatic nitrogens is 4. The van der Waals surface area contributed by atoms with Gasteiger partial charge < -0.3 is 10.2 Å². The topological polar surface area (TPSA) is 69.7 Å². The molecule has 2 N–H and O–H groups in total. The van der Waals surface area contributed by atoms with Crippen LogP contribution >= 0.6 is 0 Å². The molecule has 0 bridgehead atoms. The van der Waals surface area contributed by atoms with Crippen molar-refractivity contribution in [2.75, 3.05) is 24.5 Å². The van der Waals surface area contributed by atoms with Gasteiger partial charge in [-0.05, 0) is 38.0 Å². The number of anilines is 1. The number of hydrogen-bond donors (Lipinski definition) is 2. The molecule has 26 heavy (non-hydrogen) atoms. The van der Waals surface area contributed by atoms with Crippen molar-refractivity contribution in [2.24, 2.45) is 0 Å². The number of pyridine rings is 2. The van der Waals surface area contributed by atoms with E-state index < -0.39 is 0 Å². The molecule has 0 spiro atoms. The lowest BCUT2D eigenvalue weighted by atomic mass is 9.89. The lowest BCUT2D eigenvalue weighted by molar-refractivity contribution is 0.491. The zero-order valence-electron chi connectivity index (χ0n) is 15.1. The van der Waals surface area contributed by atoms with Crippen LogP contribution in [0.3, 0.4) is 0 Å². The van der Waals surface area contributed by atoms with Gasteiger partial charge in [0.1, 0.15) is 0 Å². The fourth-order valence-corrected chi connectivity index (χ4v) is 4.36. The van der Waals surface area contributed by atoms with Crippen LogP contribution in [0.15, 0.2) is 24.4 Å². The number of aromatic amines is 1. The van der Waals surface area contributed by atoms with E-state index in [1.165, 1.54) is 22.6 Å². The van der Waals surface area contributed by atoms with Crippen molar-refractivity contribution < 1.29 is 0 Å². The molecule has 0 radical (unpaired) electrons. The quantitative estimate of drug-likeness (QED) is 0.745. The van der Waals surface area contributed by atoms with E-state index in [2.05, 4.69) is 48.6 Å². The van der Waals surface area contributed by atoms with Crippen LogP contribution in [0.1, 0.15) is 41.4 Å². The van der Waals surface area contributed by atoms with Gasteiger partial charge >= 0.3 is 0 Å². The summed E-state index contributed by atoms with van der Waals surface area (Å²) in [5, 5.41) is 12.6. The molecule has 134 valence electrons. The number of nitrogens with one attached hydrogen (secondary N) is 2. The SMILES string of the molecule is Cc1ccc2c(N3CCC(c4n[nH]c5c4CNCC5)CC3)ccnc2n1. The highest BCUT2D eigenvalue weighted by molar-refractivity contribution is 5.89. The van der Waals surface area contributed by atoms with Gasteiger partial charge in [0.2, 0.25) is 0 Å². The molecule has 3 aromatic heterocycles. The van der Waals surface area contributed by atoms with E-state index in [0.29, 0.717) is 5.92 Å². The van der Waals surface area contributed by atoms with Gasteiger partial charge in [0.15, 0.2) is 5.65 Å². The fraction of sp³-hybridized carbons (Fsp3) is 0.450. The van der Waals surface area contributed by atoms with Crippen molar-refractivity contribution >= 4 is 16.7 Å². The maximum Gasteiger partial charge on any atom is 0.161 e. The molecular formula is C20H24N6. The number of aryl methyl sites for hydroxylation is 1. The monoisotopic (exact) mass is 348 g/mol. The highest BCUT2D eigenvalue weighted by atomic mass is 15.2. The van der Waals surface area contributed by atoms with Gasteiger partial charge in [0, 0.05) is 72.7 Å². The van der Waals surface area contributed by atoms with Gasteiger partial charge in [0.05, 0.1) is 5.69 Å². The Hall–Kier alpha value is -2.47. The second-order valence-corrected chi connectivity index (χ2v) is 7.41. The second kappa shape index (κ2) is 6.36. The Kier molecular flexibility index (Phi) is 3.85. The second-order valence-electron chi connectivity index (χ2n) is 7.41. The third-order valence-corrected chi connectivity index (χ3v) is 5.78. The van der Waals surface area contributed by atoms with Crippen molar-refractivity contribution in [2.45, 2.75) is 38.6 Å². The Morgan fingerprint density at radius 3 is 2.92 bits per heavy atom. The van der Waals surface area contributed by atoms with Gasteiger partial charge in [-0.2, -0.15) is 5.10 Å². The number of H-pyrrole nitrogens is 1. The Bertz CT molecular complexity index is 939. The van der Waals surface area contributed by atoms with Gasteiger partial charge in [-0.25, -0.2) is 9.97 Å². The Balaban J connectivity index is 1.37. The van der Waals surface area contributed by atoms with Crippen molar-refractivity contribution in [3.05, 3.63) is 47.0 Å². The predicted octanol–water partition coefficient (Wildman–Crippen LogP) is 2.69. The fourth-order valence-electron chi connectivity index (χ4n) is 4.36. The molecule has 0 amide bonds. The third-order valence-electron chi connectivity index (χ3n) is 5.78. The molecule has 5 rings (SSSR count). The maximum atomic E-state index is 4.68. The van der Waals surface area contributed by atoms with Crippen LogP contribution in [-0.2, 0) is 13.0 Å². The first kappa shape index (κ1) is 15.8. The third kappa shape index (κ3) is 2.65. The lowest BCUT2D eigenvalue weighted by Gasteiger charge is -2.34. The van der Waals surface area contributed by atoms with E-state index in [0.717, 1.165) is 62.2 Å². The molecule has 0 aromatic carbocycles. The van der Waals surface area contributed by atoms with Crippen molar-refractivity contribution in [1.82, 2.24) is 25.5 Å². The Morgan fingerprint density at radius 1 is 1.15 bits per heavy atom. The minimum Gasteiger partial charge on any atom is -0.371 e. The van der Waals surface area contributed by atoms with Gasteiger partial charge in [0.25, 0.3) is 0 Å². The van der Waals surface area contributed by atoms with E-state index in [1.807, 2.05) is 13.1 Å². The van der Waals surface area contributed by atoms with Crippen LogP contribution in [0.2, 0.25) is 0 Å². The number of fused-ring (bicyclic) bond motifs is 2. The first-order chi connectivity index (χ1) is 12.8. The summed E-state index contributed by atoms with van der Waals surface area (Å²) in [6, 6.07) is 6.35. The van der Waals surface area contributed by atoms with Crippen molar-refractivity contribution in [3.8, 4) is 0 Å². The summed E-state index contributed by atoms with van der Waals surface area (Å²) in [7, 11) is 0. The number of nitrogens with zero attached hydrogens (tertiary/aromatic N) is 4. The number of hydrogen-bond acceptors (Lipinski definition) is 5. The average Bonchev–Trinajstić information content (AvgIpc) is 3.11. The number of piperidine rings is 1. The molecule has 6 heteroatoms. The molecule has 0 saturated carbocycles. The van der Waals surface area contributed by atoms with Crippen molar-refractivity contribution in [1.29, 1.82) is 0 Å². The minimum absolute atomic E-state index is 0.555. The summed E-state index contributed by atoms with van der Waals surface area (Å²) in [4.78, 5) is 11.5. The van der Waals surface area contributed by atoms with Gasteiger partial charge in [-0.3, -0.25) is 5.10 Å². The first-order valence-electron chi connectivity index (χ1n) is 9.53. The zero-order chi connectivity index (χ0) is 17.5. The molecule has 0 atom stereocenters. The molecular weight excluding hydrogens is 324 g/mol. The lowest BCUT2D eigenvalue weighted by Crippen LogP contribution is -2.33. The Labute approximate surface area is 153 Å². The van der Waals surface area contributed by atoms with Crippen LogP contribution in [0.4, 0.5) is 5.69 Å². The van der Waals surface area contributed by atoms with Gasteiger partial charge in [-0.15, -0.1) is 0 Å². The van der Waals surface area contributed by atoms with Crippen LogP contribution in [-0.4, -0.2) is 39.8 Å². The van der Waals surface area contributed by atoms with E-state index >= 15 is 0 Å². The van der Waals surface area contributed by atoms with Gasteiger partial charge in [-0.1, -0.05) is 0 Å². The van der Waals surface area contributed by atoms with Crippen molar-refractivity contribution in [3.63, 3.8) is 0 Å². The highest BCUT2D eigenvalue weighted by Crippen LogP contribution is 2.34. The normalized spacial score (nSPS) is 18.3. The smallest absolute Gasteiger partial charge is 0.161 e. The molecule has 6 nitrogen and oxygen atoms in total. The zero-order valence-corrected chi connectivity index (χ0v) is 15.1. The molecule has 1 saturated heterocycles. The largest absolute Gasteiger partial charge is 0.371 e. The molecule has 0 aliphatic carbocycles. The van der Waals surface area contributed by atoms with Crippen LogP contribution in [0.5, 0.6) is 0 Å². The highest BCUT2D eigenvalue weighted by Gasteiger charge is 2.27. The van der Waals surface area contributed by atoms with Crippen LogP contribution < -0.4 is 10.2 Å². The Morgan fingerprint density at radius 2 is 2.04 bits per heavy atom. The van der Waals surface area contributed by atoms with Crippen LogP contribution in [0.25, 0.3) is 11.0 Å². The minimum atomic E-state index is 0.555.